The van der Waals surface area contributed by atoms with Crippen molar-refractivity contribution in [3.05, 3.63) is 118 Å². The van der Waals surface area contributed by atoms with E-state index in [1.807, 2.05) is 0 Å². The molecule has 0 bridgehead atoms. The predicted octanol–water partition coefficient (Wildman–Crippen LogP) is -0.115. The molecule has 6 rings (SSSR count). The number of hydrogen-bond donors (Lipinski definition) is 2. The standard InChI is InChI=1S/C31H28O2.2ClH.Zr/c32-17-7-16-31(20-33,29-14-5-12-25-23-10-3-1-8-21(23)18-27(25)29)30-15-6-13-26-24-11-4-2-9-22(24)19-28(26)30;;;/h1-6,8-15,32-33H,7,16-20H2;2*1H;/q;;;+2/p-2. The van der Waals surface area contributed by atoms with Crippen molar-refractivity contribution in [1.82, 2.24) is 0 Å². The Morgan fingerprint density at radius 3 is 1.47 bits per heavy atom. The molecule has 0 unspecified atom stereocenters. The van der Waals surface area contributed by atoms with Crippen LogP contribution in [0.1, 0.15) is 46.2 Å². The molecule has 4 aromatic rings. The average Bonchev–Trinajstić information content (AvgIpc) is 3.44. The molecule has 182 valence electrons. The van der Waals surface area contributed by atoms with Crippen LogP contribution in [0.4, 0.5) is 0 Å². The van der Waals surface area contributed by atoms with E-state index in [-0.39, 0.29) is 64.2 Å². The average molecular weight is 595 g/mol. The normalized spacial score (nSPS) is 12.3. The van der Waals surface area contributed by atoms with Crippen molar-refractivity contribution in [2.45, 2.75) is 31.1 Å². The van der Waals surface area contributed by atoms with Gasteiger partial charge in [-0.15, -0.1) is 0 Å². The minimum atomic E-state index is -0.552. The molecule has 2 N–H and O–H groups in total. The summed E-state index contributed by atoms with van der Waals surface area (Å²) in [5.41, 5.74) is 12.3. The second kappa shape index (κ2) is 11.8. The van der Waals surface area contributed by atoms with Gasteiger partial charge in [0, 0.05) is 12.0 Å². The molecule has 0 fully saturated rings. The Hall–Kier alpha value is -1.74. The maximum Gasteiger partial charge on any atom is 2.00 e. The summed E-state index contributed by atoms with van der Waals surface area (Å²) < 4.78 is 0. The molecule has 0 amide bonds. The molecular formula is C31H28Cl2O2Zr. The van der Waals surface area contributed by atoms with E-state index >= 15 is 0 Å². The van der Waals surface area contributed by atoms with Crippen LogP contribution in [0.5, 0.6) is 0 Å². The van der Waals surface area contributed by atoms with Crippen molar-refractivity contribution in [3.63, 3.8) is 0 Å². The molecule has 0 heterocycles. The summed E-state index contributed by atoms with van der Waals surface area (Å²) >= 11 is 0. The van der Waals surface area contributed by atoms with Crippen molar-refractivity contribution >= 4 is 0 Å². The van der Waals surface area contributed by atoms with Crippen molar-refractivity contribution in [1.29, 1.82) is 0 Å². The van der Waals surface area contributed by atoms with Crippen molar-refractivity contribution in [2.75, 3.05) is 13.2 Å². The molecule has 0 aromatic heterocycles. The molecule has 2 aliphatic carbocycles. The third-order valence-corrected chi connectivity index (χ3v) is 7.76. The van der Waals surface area contributed by atoms with Gasteiger partial charge < -0.3 is 35.0 Å². The Kier molecular flexibility index (Phi) is 9.42. The number of hydrogen-bond acceptors (Lipinski definition) is 2. The first-order valence-corrected chi connectivity index (χ1v) is 11.9. The van der Waals surface area contributed by atoms with Gasteiger partial charge in [0.2, 0.25) is 0 Å². The molecule has 0 saturated heterocycles. The van der Waals surface area contributed by atoms with Gasteiger partial charge in [0.1, 0.15) is 0 Å². The first-order valence-electron chi connectivity index (χ1n) is 11.9. The summed E-state index contributed by atoms with van der Waals surface area (Å²) in [5, 5.41) is 20.9. The molecule has 0 atom stereocenters. The summed E-state index contributed by atoms with van der Waals surface area (Å²) in [6.07, 6.45) is 3.13. The van der Waals surface area contributed by atoms with Gasteiger partial charge in [0.05, 0.1) is 6.61 Å². The van der Waals surface area contributed by atoms with Crippen LogP contribution < -0.4 is 24.8 Å². The number of rotatable bonds is 6. The second-order valence-corrected chi connectivity index (χ2v) is 9.40. The fraction of sp³-hybridized carbons (Fsp3) is 0.226. The zero-order valence-electron chi connectivity index (χ0n) is 20.0. The van der Waals surface area contributed by atoms with Crippen LogP contribution in [0.3, 0.4) is 0 Å². The molecule has 2 aliphatic rings. The Morgan fingerprint density at radius 1 is 0.583 bits per heavy atom. The van der Waals surface area contributed by atoms with Crippen molar-refractivity contribution in [2.24, 2.45) is 0 Å². The van der Waals surface area contributed by atoms with Crippen LogP contribution in [0.2, 0.25) is 0 Å². The van der Waals surface area contributed by atoms with Crippen molar-refractivity contribution < 1.29 is 61.2 Å². The van der Waals surface area contributed by atoms with E-state index in [0.29, 0.717) is 12.8 Å². The number of aliphatic hydroxyl groups excluding tert-OH is 2. The zero-order valence-corrected chi connectivity index (χ0v) is 23.9. The number of benzene rings is 4. The van der Waals surface area contributed by atoms with Gasteiger partial charge >= 0.3 is 26.2 Å². The fourth-order valence-electron chi connectivity index (χ4n) is 6.26. The maximum atomic E-state index is 11.1. The molecule has 5 heteroatoms. The van der Waals surface area contributed by atoms with Gasteiger partial charge in [-0.3, -0.25) is 0 Å². The Bertz CT molecular complexity index is 1270. The topological polar surface area (TPSA) is 40.5 Å². The SMILES string of the molecule is OCCCC(CO)(c1cccc2c1Cc1ccccc1-2)c1cccc2c1Cc1ccccc1-2.[Cl-].[Cl-].[Zr+2]. The van der Waals surface area contributed by atoms with Gasteiger partial charge in [0.15, 0.2) is 0 Å². The van der Waals surface area contributed by atoms with E-state index in [9.17, 15) is 10.2 Å². The van der Waals surface area contributed by atoms with Crippen LogP contribution in [0, 0.1) is 0 Å². The predicted molar refractivity (Wildman–Crippen MR) is 134 cm³/mol. The van der Waals surface area contributed by atoms with Gasteiger partial charge in [0.25, 0.3) is 0 Å². The second-order valence-electron chi connectivity index (χ2n) is 9.40. The first kappa shape index (κ1) is 28.8. The van der Waals surface area contributed by atoms with Crippen molar-refractivity contribution in [3.8, 4) is 22.3 Å². The van der Waals surface area contributed by atoms with E-state index in [0.717, 1.165) is 12.8 Å². The van der Waals surface area contributed by atoms with E-state index < -0.39 is 5.41 Å². The van der Waals surface area contributed by atoms with Crippen LogP contribution in [0.15, 0.2) is 84.9 Å². The minimum Gasteiger partial charge on any atom is -1.00 e. The Morgan fingerprint density at radius 2 is 1.03 bits per heavy atom. The third kappa shape index (κ3) is 4.44. The molecular weight excluding hydrogens is 566 g/mol. The van der Waals surface area contributed by atoms with E-state index in [1.54, 1.807) is 0 Å². The molecule has 0 spiro atoms. The monoisotopic (exact) mass is 592 g/mol. The number of aliphatic hydroxyl groups is 2. The minimum absolute atomic E-state index is 0. The van der Waals surface area contributed by atoms with E-state index in [1.165, 1.54) is 55.6 Å². The summed E-state index contributed by atoms with van der Waals surface area (Å²) in [6.45, 7) is 0.138. The molecule has 0 saturated carbocycles. The summed E-state index contributed by atoms with van der Waals surface area (Å²) in [5.74, 6) is 0. The number of fused-ring (bicyclic) bond motifs is 6. The summed E-state index contributed by atoms with van der Waals surface area (Å²) in [4.78, 5) is 0. The molecule has 0 aliphatic heterocycles. The Balaban J connectivity index is 0.00000120. The third-order valence-electron chi connectivity index (χ3n) is 7.76. The molecule has 2 nitrogen and oxygen atoms in total. The van der Waals surface area contributed by atoms with E-state index in [2.05, 4.69) is 84.9 Å². The van der Waals surface area contributed by atoms with Gasteiger partial charge in [-0.1, -0.05) is 84.9 Å². The fourth-order valence-corrected chi connectivity index (χ4v) is 6.26. The molecule has 0 radical (unpaired) electrons. The molecule has 4 aromatic carbocycles. The van der Waals surface area contributed by atoms with Gasteiger partial charge in [-0.05, 0) is 81.3 Å². The largest absolute Gasteiger partial charge is 2.00 e. The van der Waals surface area contributed by atoms with E-state index in [4.69, 9.17) is 0 Å². The quantitative estimate of drug-likeness (QED) is 0.283. The zero-order chi connectivity index (χ0) is 22.4. The van der Waals surface area contributed by atoms with Crippen LogP contribution >= 0.6 is 0 Å². The van der Waals surface area contributed by atoms with Crippen LogP contribution in [-0.4, -0.2) is 23.4 Å². The van der Waals surface area contributed by atoms with Crippen LogP contribution in [-0.2, 0) is 44.5 Å². The summed E-state index contributed by atoms with van der Waals surface area (Å²) in [6, 6.07) is 30.4. The number of halogens is 2. The smallest absolute Gasteiger partial charge is 1.00 e. The van der Waals surface area contributed by atoms with Crippen LogP contribution in [0.25, 0.3) is 22.3 Å². The maximum absolute atomic E-state index is 11.1. The van der Waals surface area contributed by atoms with Gasteiger partial charge in [-0.2, -0.15) is 0 Å². The van der Waals surface area contributed by atoms with Gasteiger partial charge in [-0.25, -0.2) is 0 Å². The Labute approximate surface area is 244 Å². The first-order chi connectivity index (χ1) is 16.3. The summed E-state index contributed by atoms with van der Waals surface area (Å²) in [7, 11) is 0. The molecule has 36 heavy (non-hydrogen) atoms.